The fraction of sp³-hybridized carbons (Fsp3) is 0.393. The molecular weight excluding hydrogens is 472 g/mol. The summed E-state index contributed by atoms with van der Waals surface area (Å²) in [5.41, 5.74) is 1.63. The van der Waals surface area contributed by atoms with E-state index in [1.54, 1.807) is 24.3 Å². The number of amides is 5. The Morgan fingerprint density at radius 1 is 0.811 bits per heavy atom. The second-order valence-electron chi connectivity index (χ2n) is 9.53. The number of rotatable bonds is 12. The lowest BCUT2D eigenvalue weighted by Gasteiger charge is -2.24. The van der Waals surface area contributed by atoms with E-state index < -0.39 is 18.0 Å². The van der Waals surface area contributed by atoms with Gasteiger partial charge < -0.3 is 16.0 Å². The lowest BCUT2D eigenvalue weighted by molar-refractivity contribution is -0.132. The Morgan fingerprint density at radius 2 is 1.41 bits per heavy atom. The van der Waals surface area contributed by atoms with Crippen LogP contribution in [0.4, 0.5) is 0 Å². The Morgan fingerprint density at radius 3 is 1.97 bits per heavy atom. The molecule has 0 fully saturated rings. The maximum absolute atomic E-state index is 13.1. The van der Waals surface area contributed by atoms with E-state index in [0.717, 1.165) is 10.5 Å². The average molecular weight is 507 g/mol. The fourth-order valence-corrected chi connectivity index (χ4v) is 4.31. The highest BCUT2D eigenvalue weighted by atomic mass is 16.2. The van der Waals surface area contributed by atoms with Crippen LogP contribution >= 0.6 is 0 Å². The van der Waals surface area contributed by atoms with Crippen molar-refractivity contribution in [2.45, 2.75) is 51.6 Å². The van der Waals surface area contributed by atoms with Crippen LogP contribution in [0.1, 0.15) is 59.4 Å². The van der Waals surface area contributed by atoms with Gasteiger partial charge in [0, 0.05) is 26.4 Å². The van der Waals surface area contributed by atoms with Gasteiger partial charge in [-0.3, -0.25) is 28.9 Å². The van der Waals surface area contributed by atoms with Gasteiger partial charge >= 0.3 is 0 Å². The van der Waals surface area contributed by atoms with Gasteiger partial charge in [-0.25, -0.2) is 0 Å². The second-order valence-corrected chi connectivity index (χ2v) is 9.53. The first-order valence-corrected chi connectivity index (χ1v) is 12.5. The largest absolute Gasteiger partial charge is 0.357 e. The topological polar surface area (TPSA) is 125 Å². The van der Waals surface area contributed by atoms with Crippen molar-refractivity contribution >= 4 is 29.5 Å². The zero-order valence-corrected chi connectivity index (χ0v) is 21.5. The first kappa shape index (κ1) is 27.6. The molecule has 1 aliphatic heterocycles. The standard InChI is InChI=1S/C28H34N4O5/c1-18(2)16-22(26(35)31-23(25(34)29-3)17-19-10-5-4-6-11-19)30-24(33)14-9-15-32-27(36)20-12-7-8-13-21(20)28(32)37/h4-8,10-13,18,22-23H,9,14-17H2,1-3H3,(H,29,34)(H,30,33)(H,31,35)/t22-,23-/m0/s1. The molecule has 2 aromatic rings. The first-order chi connectivity index (χ1) is 17.7. The van der Waals surface area contributed by atoms with E-state index in [1.165, 1.54) is 7.05 Å². The number of likely N-dealkylation sites (N-methyl/N-ethyl adjacent to an activating group) is 1. The number of nitrogens with zero attached hydrogens (tertiary/aromatic N) is 1. The Bertz CT molecular complexity index is 1110. The third-order valence-electron chi connectivity index (χ3n) is 6.18. The normalized spacial score (nSPS) is 14.2. The zero-order chi connectivity index (χ0) is 26.9. The Labute approximate surface area is 217 Å². The van der Waals surface area contributed by atoms with Crippen molar-refractivity contribution in [1.29, 1.82) is 0 Å². The molecule has 3 rings (SSSR count). The minimum Gasteiger partial charge on any atom is -0.357 e. The molecule has 0 unspecified atom stereocenters. The van der Waals surface area contributed by atoms with Crippen LogP contribution < -0.4 is 16.0 Å². The maximum atomic E-state index is 13.1. The summed E-state index contributed by atoms with van der Waals surface area (Å²) in [6, 6.07) is 14.4. The molecule has 5 amide bonds. The molecule has 1 aliphatic rings. The summed E-state index contributed by atoms with van der Waals surface area (Å²) in [6.07, 6.45) is 1.01. The van der Waals surface area contributed by atoms with Crippen molar-refractivity contribution < 1.29 is 24.0 Å². The van der Waals surface area contributed by atoms with Crippen LogP contribution in [0, 0.1) is 5.92 Å². The molecule has 0 aromatic heterocycles. The minimum absolute atomic E-state index is 0.0399. The molecule has 3 N–H and O–H groups in total. The van der Waals surface area contributed by atoms with E-state index in [2.05, 4.69) is 16.0 Å². The van der Waals surface area contributed by atoms with Crippen LogP contribution in [-0.4, -0.2) is 60.1 Å². The van der Waals surface area contributed by atoms with Crippen molar-refractivity contribution in [2.24, 2.45) is 5.92 Å². The van der Waals surface area contributed by atoms with E-state index in [9.17, 15) is 24.0 Å². The van der Waals surface area contributed by atoms with Crippen LogP contribution in [0.5, 0.6) is 0 Å². The van der Waals surface area contributed by atoms with Gasteiger partial charge in [-0.05, 0) is 36.5 Å². The smallest absolute Gasteiger partial charge is 0.261 e. The number of nitrogens with one attached hydrogen (secondary N) is 3. The number of carbonyl (C=O) groups is 5. The second kappa shape index (κ2) is 12.8. The molecule has 9 nitrogen and oxygen atoms in total. The molecule has 1 heterocycles. The van der Waals surface area contributed by atoms with Crippen LogP contribution in [-0.2, 0) is 20.8 Å². The van der Waals surface area contributed by atoms with Crippen LogP contribution in [0.25, 0.3) is 0 Å². The van der Waals surface area contributed by atoms with Crippen molar-refractivity contribution in [2.75, 3.05) is 13.6 Å². The van der Waals surface area contributed by atoms with E-state index in [-0.39, 0.29) is 48.9 Å². The van der Waals surface area contributed by atoms with Gasteiger partial charge in [0.25, 0.3) is 11.8 Å². The Kier molecular flexibility index (Phi) is 9.54. The predicted octanol–water partition coefficient (Wildman–Crippen LogP) is 2.07. The van der Waals surface area contributed by atoms with Gasteiger partial charge in [0.2, 0.25) is 17.7 Å². The minimum atomic E-state index is -0.824. The summed E-state index contributed by atoms with van der Waals surface area (Å²) in [5.74, 6) is -1.74. The van der Waals surface area contributed by atoms with Crippen molar-refractivity contribution in [3.05, 3.63) is 71.3 Å². The molecule has 37 heavy (non-hydrogen) atoms. The van der Waals surface area contributed by atoms with E-state index in [4.69, 9.17) is 0 Å². The molecule has 0 radical (unpaired) electrons. The van der Waals surface area contributed by atoms with Crippen molar-refractivity contribution in [1.82, 2.24) is 20.9 Å². The number of hydrogen-bond acceptors (Lipinski definition) is 5. The molecule has 2 atom stereocenters. The highest BCUT2D eigenvalue weighted by molar-refractivity contribution is 6.21. The summed E-state index contributed by atoms with van der Waals surface area (Å²) < 4.78 is 0. The molecular formula is C28H34N4O5. The fourth-order valence-electron chi connectivity index (χ4n) is 4.31. The molecule has 0 spiro atoms. The highest BCUT2D eigenvalue weighted by Crippen LogP contribution is 2.22. The van der Waals surface area contributed by atoms with Gasteiger partial charge in [-0.2, -0.15) is 0 Å². The Hall–Kier alpha value is -4.01. The van der Waals surface area contributed by atoms with Gasteiger partial charge in [0.15, 0.2) is 0 Å². The molecule has 2 aromatic carbocycles. The third kappa shape index (κ3) is 7.25. The van der Waals surface area contributed by atoms with Gasteiger partial charge in [0.1, 0.15) is 12.1 Å². The van der Waals surface area contributed by atoms with Crippen LogP contribution in [0.3, 0.4) is 0 Å². The summed E-state index contributed by atoms with van der Waals surface area (Å²) >= 11 is 0. The SMILES string of the molecule is CNC(=O)[C@H](Cc1ccccc1)NC(=O)[C@H](CC(C)C)NC(=O)CCCN1C(=O)c2ccccc2C1=O. The molecule has 0 saturated heterocycles. The van der Waals surface area contributed by atoms with Crippen LogP contribution in [0.15, 0.2) is 54.6 Å². The number of hydrogen-bond donors (Lipinski definition) is 3. The number of benzene rings is 2. The lowest BCUT2D eigenvalue weighted by atomic mass is 10.0. The third-order valence-corrected chi connectivity index (χ3v) is 6.18. The lowest BCUT2D eigenvalue weighted by Crippen LogP contribution is -2.54. The Balaban J connectivity index is 1.57. The molecule has 196 valence electrons. The zero-order valence-electron chi connectivity index (χ0n) is 21.5. The van der Waals surface area contributed by atoms with Gasteiger partial charge in [-0.1, -0.05) is 56.3 Å². The first-order valence-electron chi connectivity index (χ1n) is 12.5. The van der Waals surface area contributed by atoms with Gasteiger partial charge in [-0.15, -0.1) is 0 Å². The molecule has 0 bridgehead atoms. The monoisotopic (exact) mass is 506 g/mol. The highest BCUT2D eigenvalue weighted by Gasteiger charge is 2.34. The quantitative estimate of drug-likeness (QED) is 0.380. The van der Waals surface area contributed by atoms with E-state index in [1.807, 2.05) is 44.2 Å². The number of carbonyl (C=O) groups excluding carboxylic acids is 5. The summed E-state index contributed by atoms with van der Waals surface area (Å²) in [7, 11) is 1.51. The van der Waals surface area contributed by atoms with E-state index >= 15 is 0 Å². The number of imide groups is 1. The van der Waals surface area contributed by atoms with Crippen molar-refractivity contribution in [3.63, 3.8) is 0 Å². The molecule has 0 saturated carbocycles. The molecule has 9 heteroatoms. The summed E-state index contributed by atoms with van der Waals surface area (Å²) in [4.78, 5) is 64.4. The van der Waals surface area contributed by atoms with E-state index in [0.29, 0.717) is 24.0 Å². The maximum Gasteiger partial charge on any atom is 0.261 e. The van der Waals surface area contributed by atoms with Crippen LogP contribution in [0.2, 0.25) is 0 Å². The van der Waals surface area contributed by atoms with Gasteiger partial charge in [0.05, 0.1) is 11.1 Å². The average Bonchev–Trinajstić information content (AvgIpc) is 3.12. The summed E-state index contributed by atoms with van der Waals surface area (Å²) in [6.45, 7) is 3.99. The van der Waals surface area contributed by atoms with Crippen molar-refractivity contribution in [3.8, 4) is 0 Å². The number of fused-ring (bicyclic) bond motifs is 1. The predicted molar refractivity (Wildman–Crippen MR) is 139 cm³/mol. The summed E-state index contributed by atoms with van der Waals surface area (Å²) in [5, 5.41) is 8.13. The molecule has 0 aliphatic carbocycles.